The number of hydrogen-bond donors (Lipinski definition) is 2. The third-order valence-electron chi connectivity index (χ3n) is 0.550. The van der Waals surface area contributed by atoms with Gasteiger partial charge in [0.2, 0.25) is 0 Å². The molecule has 0 fully saturated rings. The molecule has 9 heavy (non-hydrogen) atoms. The highest BCUT2D eigenvalue weighted by Crippen LogP contribution is 1.81. The highest BCUT2D eigenvalue weighted by atomic mass is 16.4. The zero-order valence-corrected chi connectivity index (χ0v) is 4.33. The van der Waals surface area contributed by atoms with Crippen LogP contribution in [0.15, 0.2) is 0 Å². The summed E-state index contributed by atoms with van der Waals surface area (Å²) in [5.41, 5.74) is 0. The summed E-state index contributed by atoms with van der Waals surface area (Å²) < 4.78 is 0. The van der Waals surface area contributed by atoms with Gasteiger partial charge in [-0.15, -0.1) is 0 Å². The molecule has 0 aromatic carbocycles. The normalized spacial score (nSPS) is 8.44. The number of ketones is 1. The van der Waals surface area contributed by atoms with Gasteiger partial charge in [-0.3, -0.25) is 9.59 Å². The van der Waals surface area contributed by atoms with E-state index in [0.29, 0.717) is 0 Å². The fraction of sp³-hybridized carbons (Fsp3) is 0.250. The summed E-state index contributed by atoms with van der Waals surface area (Å²) in [5, 5.41) is 15.7. The lowest BCUT2D eigenvalue weighted by Crippen LogP contribution is -2.16. The van der Waals surface area contributed by atoms with Crippen molar-refractivity contribution >= 4 is 17.7 Å². The van der Waals surface area contributed by atoms with Gasteiger partial charge < -0.3 is 10.2 Å². The molecule has 0 unspecified atom stereocenters. The van der Waals surface area contributed by atoms with Crippen LogP contribution in [0.2, 0.25) is 0 Å². The third-order valence-corrected chi connectivity index (χ3v) is 0.550. The second-order valence-electron chi connectivity index (χ2n) is 1.30. The van der Waals surface area contributed by atoms with Crippen molar-refractivity contribution in [3.8, 4) is 0 Å². The molecule has 0 aromatic rings. The molecule has 0 saturated heterocycles. The Hall–Kier alpha value is -1.39. The smallest absolute Gasteiger partial charge is 0.481 e. The highest BCUT2D eigenvalue weighted by molar-refractivity contribution is 6.35. The Kier molecular flexibility index (Phi) is 2.37. The van der Waals surface area contributed by atoms with Crippen LogP contribution >= 0.6 is 0 Å². The minimum atomic E-state index is -1.71. The van der Waals surface area contributed by atoms with Crippen LogP contribution in [0.25, 0.3) is 0 Å². The van der Waals surface area contributed by atoms with Crippen molar-refractivity contribution in [2.45, 2.75) is 6.42 Å². The Bertz CT molecular complexity index is 163. The van der Waals surface area contributed by atoms with E-state index in [1.807, 2.05) is 0 Å². The number of aliphatic carboxylic acids is 2. The second-order valence-corrected chi connectivity index (χ2v) is 1.30. The Morgan fingerprint density at radius 3 is 1.78 bits per heavy atom. The van der Waals surface area contributed by atoms with E-state index in [4.69, 9.17) is 10.2 Å². The predicted molar refractivity (Wildman–Crippen MR) is 26.0 cm³/mol. The fourth-order valence-electron chi connectivity index (χ4n) is 0.213. The predicted octanol–water partition coefficient (Wildman–Crippen LogP) is -0.773. The quantitative estimate of drug-likeness (QED) is 0.389. The molecule has 0 saturated carbocycles. The highest BCUT2D eigenvalue weighted by Gasteiger charge is 2.14. The van der Waals surface area contributed by atoms with E-state index in [1.54, 1.807) is 0 Å². The van der Waals surface area contributed by atoms with Crippen molar-refractivity contribution in [2.24, 2.45) is 0 Å². The van der Waals surface area contributed by atoms with Gasteiger partial charge >= 0.3 is 13.4 Å². The Morgan fingerprint density at radius 1 is 1.22 bits per heavy atom. The largest absolute Gasteiger partial charge is 1.00 e. The van der Waals surface area contributed by atoms with Crippen molar-refractivity contribution in [1.29, 1.82) is 0 Å². The summed E-state index contributed by atoms with van der Waals surface area (Å²) in [6.45, 7) is 0. The minimum absolute atomic E-state index is 0. The molecule has 2 N–H and O–H groups in total. The number of rotatable bonds is 3. The van der Waals surface area contributed by atoms with Crippen LogP contribution in [0, 0.1) is 0 Å². The number of Topliss-reactive ketones (excluding diaryl/α,β-unsaturated/α-hetero) is 1. The number of carboxylic acids is 2. The third kappa shape index (κ3) is 3.22. The first-order chi connectivity index (χ1) is 4.04. The van der Waals surface area contributed by atoms with Crippen molar-refractivity contribution in [1.82, 2.24) is 0 Å². The van der Waals surface area contributed by atoms with Crippen LogP contribution < -0.4 is 0 Å². The standard InChI is InChI=1S/C4H4O5/c5-2(4(8)9)1-3(6)7/h1H2,(H,6,7)(H,8,9)/p+1. The van der Waals surface area contributed by atoms with Gasteiger partial charge in [-0.25, -0.2) is 4.79 Å². The van der Waals surface area contributed by atoms with Gasteiger partial charge in [0.1, 0.15) is 6.42 Å². The average Bonchev–Trinajstić information content (AvgIpc) is 1.63. The molecule has 5 nitrogen and oxygen atoms in total. The van der Waals surface area contributed by atoms with E-state index >= 15 is 0 Å². The van der Waals surface area contributed by atoms with Crippen LogP contribution in [0.4, 0.5) is 0 Å². The van der Waals surface area contributed by atoms with E-state index in [1.165, 1.54) is 0 Å². The SMILES string of the molecule is O=C(O)CC(=O)C(=O)O.[H+]. The molecule has 0 spiro atoms. The van der Waals surface area contributed by atoms with E-state index in [-0.39, 0.29) is 1.43 Å². The summed E-state index contributed by atoms with van der Waals surface area (Å²) >= 11 is 0. The maximum Gasteiger partial charge on any atom is 1.00 e. The molecule has 5 heteroatoms. The molecular weight excluding hydrogens is 128 g/mol. The van der Waals surface area contributed by atoms with Gasteiger partial charge in [-0.2, -0.15) is 0 Å². The molecule has 0 atom stereocenters. The molecule has 0 amide bonds. The first kappa shape index (κ1) is 7.61. The maximum absolute atomic E-state index is 9.97. The van der Waals surface area contributed by atoms with Gasteiger partial charge in [0.15, 0.2) is 0 Å². The zero-order valence-electron chi connectivity index (χ0n) is 5.33. The van der Waals surface area contributed by atoms with Crippen molar-refractivity contribution in [2.75, 3.05) is 0 Å². The zero-order chi connectivity index (χ0) is 7.44. The summed E-state index contributed by atoms with van der Waals surface area (Å²) in [7, 11) is 0. The van der Waals surface area contributed by atoms with E-state index in [2.05, 4.69) is 0 Å². The first-order valence-electron chi connectivity index (χ1n) is 2.02. The molecular formula is C4H5O5+. The van der Waals surface area contributed by atoms with Gasteiger partial charge in [0, 0.05) is 0 Å². The lowest BCUT2D eigenvalue weighted by atomic mass is 10.3. The number of hydrogen-bond acceptors (Lipinski definition) is 3. The van der Waals surface area contributed by atoms with E-state index in [0.717, 1.165) is 0 Å². The van der Waals surface area contributed by atoms with Crippen LogP contribution in [0.3, 0.4) is 0 Å². The van der Waals surface area contributed by atoms with E-state index in [9.17, 15) is 14.4 Å². The molecule has 0 heterocycles. The van der Waals surface area contributed by atoms with Gasteiger partial charge in [0.25, 0.3) is 5.78 Å². The molecule has 0 aliphatic rings. The topological polar surface area (TPSA) is 91.7 Å². The van der Waals surface area contributed by atoms with Crippen LogP contribution in [-0.4, -0.2) is 27.9 Å². The molecule has 0 rings (SSSR count). The van der Waals surface area contributed by atoms with Gasteiger partial charge in [0.05, 0.1) is 0 Å². The van der Waals surface area contributed by atoms with Crippen molar-refractivity contribution in [3.63, 3.8) is 0 Å². The van der Waals surface area contributed by atoms with Crippen LogP contribution in [0.1, 0.15) is 7.85 Å². The molecule has 0 aliphatic heterocycles. The summed E-state index contributed by atoms with van der Waals surface area (Å²) in [5.74, 6) is -4.44. The Labute approximate surface area is 51.4 Å². The molecule has 50 valence electrons. The Morgan fingerprint density at radius 2 is 1.67 bits per heavy atom. The van der Waals surface area contributed by atoms with Crippen molar-refractivity contribution < 1.29 is 26.0 Å². The monoisotopic (exact) mass is 133 g/mol. The molecule has 0 aromatic heterocycles. The minimum Gasteiger partial charge on any atom is -0.481 e. The number of carboxylic acid groups (broad SMARTS) is 2. The van der Waals surface area contributed by atoms with Crippen LogP contribution in [-0.2, 0) is 14.4 Å². The maximum atomic E-state index is 9.97. The molecule has 0 radical (unpaired) electrons. The second kappa shape index (κ2) is 2.81. The number of carbonyl (C=O) groups excluding carboxylic acids is 1. The van der Waals surface area contributed by atoms with Gasteiger partial charge in [-0.1, -0.05) is 0 Å². The molecule has 0 bridgehead atoms. The summed E-state index contributed by atoms with van der Waals surface area (Å²) in [6, 6.07) is 0. The lowest BCUT2D eigenvalue weighted by Gasteiger charge is -1.85. The fourth-order valence-corrected chi connectivity index (χ4v) is 0.213. The summed E-state index contributed by atoms with van der Waals surface area (Å²) in [4.78, 5) is 29.2. The van der Waals surface area contributed by atoms with Gasteiger partial charge in [-0.05, 0) is 0 Å². The molecule has 0 aliphatic carbocycles. The Balaban J connectivity index is 0. The van der Waals surface area contributed by atoms with Crippen molar-refractivity contribution in [3.05, 3.63) is 0 Å². The summed E-state index contributed by atoms with van der Waals surface area (Å²) in [6.07, 6.45) is -0.949. The first-order valence-corrected chi connectivity index (χ1v) is 2.02. The van der Waals surface area contributed by atoms with Crippen LogP contribution in [0.5, 0.6) is 0 Å². The lowest BCUT2D eigenvalue weighted by molar-refractivity contribution is -0.152. The average molecular weight is 133 g/mol. The van der Waals surface area contributed by atoms with E-state index < -0.39 is 24.1 Å². The number of carbonyl (C=O) groups is 3.